The zero-order chi connectivity index (χ0) is 27.7. The number of rotatable bonds is 19. The van der Waals surface area contributed by atoms with Gasteiger partial charge in [-0.1, -0.05) is 114 Å². The van der Waals surface area contributed by atoms with Gasteiger partial charge in [0, 0.05) is 23.5 Å². The predicted octanol–water partition coefficient (Wildman–Crippen LogP) is 10.1. The fourth-order valence-corrected chi connectivity index (χ4v) is 4.70. The van der Waals surface area contributed by atoms with Crippen LogP contribution in [0.1, 0.15) is 96.5 Å². The summed E-state index contributed by atoms with van der Waals surface area (Å²) >= 11 is 0. The van der Waals surface area contributed by atoms with Crippen molar-refractivity contribution in [3.05, 3.63) is 66.5 Å². The van der Waals surface area contributed by atoms with E-state index in [1.165, 1.54) is 44.1 Å². The average molecular weight is 537 g/mol. The number of nitrogens with zero attached hydrogens (tertiary/aromatic N) is 2. The quantitative estimate of drug-likeness (QED) is 0.143. The summed E-state index contributed by atoms with van der Waals surface area (Å²) in [5, 5.41) is 0. The number of aromatic nitrogens is 2. The Hall–Kier alpha value is -2.82. The first kappa shape index (κ1) is 30.7. The second-order valence-electron chi connectivity index (χ2n) is 10.6. The number of alkyl halides is 2. The van der Waals surface area contributed by atoms with Crippen molar-refractivity contribution in [2.45, 2.75) is 110 Å². The van der Waals surface area contributed by atoms with Crippen LogP contribution in [0.15, 0.2) is 60.9 Å². The van der Waals surface area contributed by atoms with Crippen LogP contribution in [0.2, 0.25) is 0 Å². The van der Waals surface area contributed by atoms with Crippen LogP contribution < -0.4 is 4.74 Å². The second kappa shape index (κ2) is 17.7. The highest BCUT2D eigenvalue weighted by Gasteiger charge is 2.20. The average Bonchev–Trinajstić information content (AvgIpc) is 2.98. The summed E-state index contributed by atoms with van der Waals surface area (Å²) < 4.78 is 33.8. The van der Waals surface area contributed by atoms with Crippen molar-refractivity contribution < 1.29 is 13.5 Å². The maximum absolute atomic E-state index is 14.2. The molecule has 1 aromatic heterocycles. The fraction of sp³-hybridized carbons (Fsp3) is 0.529. The molecule has 0 aliphatic carbocycles. The predicted molar refractivity (Wildman–Crippen MR) is 159 cm³/mol. The third-order valence-electron chi connectivity index (χ3n) is 7.26. The molecule has 3 rings (SSSR count). The Morgan fingerprint density at radius 3 is 1.82 bits per heavy atom. The van der Waals surface area contributed by atoms with Gasteiger partial charge in [0.25, 0.3) is 0 Å². The smallest absolute Gasteiger partial charge is 0.165 e. The van der Waals surface area contributed by atoms with Gasteiger partial charge in [0.2, 0.25) is 0 Å². The van der Waals surface area contributed by atoms with Crippen molar-refractivity contribution in [3.8, 4) is 28.3 Å². The first-order valence-electron chi connectivity index (χ1n) is 15.0. The molecule has 0 aliphatic heterocycles. The molecule has 0 radical (unpaired) electrons. The number of unbranched alkanes of at least 4 members (excludes halogenated alkanes) is 9. The first-order valence-corrected chi connectivity index (χ1v) is 15.0. The molecule has 39 heavy (non-hydrogen) atoms. The molecule has 0 saturated carbocycles. The van der Waals surface area contributed by atoms with Gasteiger partial charge in [0.1, 0.15) is 18.5 Å². The highest BCUT2D eigenvalue weighted by atomic mass is 19.2. The summed E-state index contributed by atoms with van der Waals surface area (Å²) in [6, 6.07) is 15.9. The molecular weight excluding hydrogens is 490 g/mol. The van der Waals surface area contributed by atoms with Gasteiger partial charge in [0.15, 0.2) is 12.0 Å². The van der Waals surface area contributed by atoms with Crippen LogP contribution >= 0.6 is 0 Å². The lowest BCUT2D eigenvalue weighted by Crippen LogP contribution is -2.24. The van der Waals surface area contributed by atoms with Crippen molar-refractivity contribution in [2.24, 2.45) is 0 Å². The van der Waals surface area contributed by atoms with Gasteiger partial charge in [-0.15, -0.1) is 0 Å². The van der Waals surface area contributed by atoms with Crippen LogP contribution in [0.4, 0.5) is 8.78 Å². The highest BCUT2D eigenvalue weighted by Crippen LogP contribution is 2.24. The lowest BCUT2D eigenvalue weighted by atomic mass is 10.0. The maximum Gasteiger partial charge on any atom is 0.165 e. The van der Waals surface area contributed by atoms with E-state index in [2.05, 4.69) is 48.1 Å². The molecule has 2 aromatic carbocycles. The van der Waals surface area contributed by atoms with E-state index in [-0.39, 0.29) is 13.0 Å². The third-order valence-corrected chi connectivity index (χ3v) is 7.26. The molecule has 1 heterocycles. The van der Waals surface area contributed by atoms with Crippen LogP contribution in [0.3, 0.4) is 0 Å². The molecule has 0 amide bonds. The number of ether oxygens (including phenoxy) is 1. The fourth-order valence-electron chi connectivity index (χ4n) is 4.70. The first-order chi connectivity index (χ1) is 19.1. The van der Waals surface area contributed by atoms with E-state index >= 15 is 0 Å². The van der Waals surface area contributed by atoms with Crippen molar-refractivity contribution in [1.82, 2.24) is 9.97 Å². The number of hydrogen-bond donors (Lipinski definition) is 0. The van der Waals surface area contributed by atoms with E-state index in [9.17, 15) is 8.78 Å². The molecule has 0 spiro atoms. The van der Waals surface area contributed by atoms with E-state index in [4.69, 9.17) is 4.74 Å². The summed E-state index contributed by atoms with van der Waals surface area (Å²) in [5.74, 6) is 1.22. The number of benzene rings is 2. The zero-order valence-corrected chi connectivity index (χ0v) is 23.9. The van der Waals surface area contributed by atoms with Crippen LogP contribution in [-0.4, -0.2) is 28.9 Å². The van der Waals surface area contributed by atoms with Crippen molar-refractivity contribution >= 4 is 0 Å². The molecule has 3 aromatic rings. The Morgan fingerprint density at radius 2 is 1.18 bits per heavy atom. The van der Waals surface area contributed by atoms with Crippen LogP contribution in [0.25, 0.3) is 22.5 Å². The molecule has 5 heteroatoms. The van der Waals surface area contributed by atoms with Crippen LogP contribution in [-0.2, 0) is 6.42 Å². The molecular formula is C34H46F2N2O. The van der Waals surface area contributed by atoms with E-state index in [1.807, 2.05) is 24.5 Å². The Kier molecular flexibility index (Phi) is 13.9. The van der Waals surface area contributed by atoms with Gasteiger partial charge in [-0.25, -0.2) is 18.7 Å². The lowest BCUT2D eigenvalue weighted by Gasteiger charge is -2.15. The summed E-state index contributed by atoms with van der Waals surface area (Å²) in [7, 11) is 0. The monoisotopic (exact) mass is 536 g/mol. The van der Waals surface area contributed by atoms with Gasteiger partial charge in [-0.05, 0) is 42.5 Å². The van der Waals surface area contributed by atoms with Crippen LogP contribution in [0.5, 0.6) is 5.75 Å². The van der Waals surface area contributed by atoms with E-state index < -0.39 is 12.3 Å². The lowest BCUT2D eigenvalue weighted by molar-refractivity contribution is 0.101. The third kappa shape index (κ3) is 11.1. The second-order valence-corrected chi connectivity index (χ2v) is 10.6. The summed E-state index contributed by atoms with van der Waals surface area (Å²) in [4.78, 5) is 9.13. The SMILES string of the molecule is CCCCCCCCc1ccc(-c2ncc(-c3ccc(OC[C@@H](F)[C@H](F)CCCCCCC)cc3)cn2)cc1. The van der Waals surface area contributed by atoms with E-state index in [0.717, 1.165) is 55.2 Å². The Bertz CT molecular complexity index is 1040. The van der Waals surface area contributed by atoms with Crippen molar-refractivity contribution in [1.29, 1.82) is 0 Å². The normalized spacial score (nSPS) is 12.8. The summed E-state index contributed by atoms with van der Waals surface area (Å²) in [5.41, 5.74) is 4.19. The van der Waals surface area contributed by atoms with Crippen molar-refractivity contribution in [2.75, 3.05) is 6.61 Å². The Balaban J connectivity index is 1.43. The summed E-state index contributed by atoms with van der Waals surface area (Å²) in [6.45, 7) is 4.12. The minimum absolute atomic E-state index is 0.256. The zero-order valence-electron chi connectivity index (χ0n) is 23.9. The minimum Gasteiger partial charge on any atom is -0.490 e. The molecule has 0 aliphatic rings. The van der Waals surface area contributed by atoms with Crippen molar-refractivity contribution in [3.63, 3.8) is 0 Å². The Morgan fingerprint density at radius 1 is 0.615 bits per heavy atom. The minimum atomic E-state index is -1.61. The largest absolute Gasteiger partial charge is 0.490 e. The molecule has 0 saturated heterocycles. The standard InChI is InChI=1S/C34H46F2N2O/c1-3-5-7-9-11-12-14-27-16-18-29(19-17-27)34-37-24-30(25-38-34)28-20-22-31(23-21-28)39-26-33(36)32(35)15-13-10-8-6-4-2/h16-25,32-33H,3-15,26H2,1-2H3/t32-,33-/m1/s1. The molecule has 3 nitrogen and oxygen atoms in total. The van der Waals surface area contributed by atoms with Gasteiger partial charge < -0.3 is 4.74 Å². The molecule has 0 bridgehead atoms. The van der Waals surface area contributed by atoms with E-state index in [1.54, 1.807) is 12.1 Å². The van der Waals surface area contributed by atoms with Gasteiger partial charge in [0.05, 0.1) is 0 Å². The molecule has 0 N–H and O–H groups in total. The molecule has 0 fully saturated rings. The Labute approximate surface area is 234 Å². The molecule has 2 atom stereocenters. The number of hydrogen-bond acceptors (Lipinski definition) is 3. The van der Waals surface area contributed by atoms with Gasteiger partial charge in [-0.2, -0.15) is 0 Å². The molecule has 212 valence electrons. The van der Waals surface area contributed by atoms with Gasteiger partial charge in [-0.3, -0.25) is 0 Å². The highest BCUT2D eigenvalue weighted by molar-refractivity contribution is 5.64. The number of halogens is 2. The maximum atomic E-state index is 14.2. The molecule has 0 unspecified atom stereocenters. The summed E-state index contributed by atoms with van der Waals surface area (Å²) in [6.07, 6.45) is 14.8. The van der Waals surface area contributed by atoms with E-state index in [0.29, 0.717) is 11.6 Å². The van der Waals surface area contributed by atoms with Crippen LogP contribution in [0, 0.1) is 0 Å². The topological polar surface area (TPSA) is 35.0 Å². The van der Waals surface area contributed by atoms with Gasteiger partial charge >= 0.3 is 0 Å². The number of aryl methyl sites for hydroxylation is 1.